The van der Waals surface area contributed by atoms with Crippen LogP contribution in [0.4, 0.5) is 22.7 Å². The van der Waals surface area contributed by atoms with Crippen LogP contribution in [0.1, 0.15) is 22.3 Å². The van der Waals surface area contributed by atoms with E-state index in [1.165, 1.54) is 48.5 Å². The Labute approximate surface area is 427 Å². The molecule has 0 spiro atoms. The van der Waals surface area contributed by atoms with Gasteiger partial charge in [-0.05, 0) is 22.3 Å². The highest BCUT2D eigenvalue weighted by molar-refractivity contribution is 8.01. The van der Waals surface area contributed by atoms with Gasteiger partial charge in [0.05, 0.1) is 58.9 Å². The fourth-order valence-electron chi connectivity index (χ4n) is 7.24. The summed E-state index contributed by atoms with van der Waals surface area (Å²) in [7, 11) is 0. The Morgan fingerprint density at radius 3 is 0.611 bits per heavy atom. The molecule has 0 atom stereocenters. The first-order valence-electron chi connectivity index (χ1n) is 21.6. The smallest absolute Gasteiger partial charge is 0.271 e. The van der Waals surface area contributed by atoms with Gasteiger partial charge in [-0.15, -0.1) is 0 Å². The Balaban J connectivity index is 1.35. The predicted octanol–water partition coefficient (Wildman–Crippen LogP) is 14.6. The van der Waals surface area contributed by atoms with Crippen molar-refractivity contribution < 1.29 is 38.6 Å². The lowest BCUT2D eigenvalue weighted by atomic mass is 10.2. The molecule has 360 valence electrons. The molecule has 1 heterocycles. The van der Waals surface area contributed by atoms with Crippen LogP contribution in [0.25, 0.3) is 0 Å². The lowest BCUT2D eigenvalue weighted by molar-refractivity contribution is -0.385. The summed E-state index contributed by atoms with van der Waals surface area (Å²) in [5.41, 5.74) is 1.45. The van der Waals surface area contributed by atoms with Crippen LogP contribution in [0.5, 0.6) is 23.0 Å². The van der Waals surface area contributed by atoms with E-state index in [0.717, 1.165) is 69.3 Å². The highest BCUT2D eigenvalue weighted by atomic mass is 32.2. The van der Waals surface area contributed by atoms with E-state index >= 15 is 0 Å². The SMILES string of the molecule is O=[N+]([O-])c1cc2c(OCc3ccccc3)c(c1)Sc1cc([N+](=O)[O-])cc(c1OCc1ccccc1)Sc1cc([N+](=O)[O-])cc(c1OCc1ccccc1)Sc1cc([N+](=O)[O-])cc(c1OCc1ccccc1)S2. The van der Waals surface area contributed by atoms with Crippen LogP contribution >= 0.6 is 47.0 Å². The fraction of sp³-hybridized carbons (Fsp3) is 0.0769. The van der Waals surface area contributed by atoms with Crippen molar-refractivity contribution in [2.24, 2.45) is 0 Å². The first kappa shape index (κ1) is 49.0. The van der Waals surface area contributed by atoms with Crippen molar-refractivity contribution in [1.29, 1.82) is 0 Å². The van der Waals surface area contributed by atoms with Gasteiger partial charge < -0.3 is 18.9 Å². The maximum Gasteiger partial charge on any atom is 0.271 e. The Kier molecular flexibility index (Phi) is 15.2. The largest absolute Gasteiger partial charge is 0.487 e. The Hall–Kier alpha value is -8.04. The normalized spacial score (nSPS) is 11.8. The summed E-state index contributed by atoms with van der Waals surface area (Å²) in [5, 5.41) is 51.5. The molecule has 20 heteroatoms. The summed E-state index contributed by atoms with van der Waals surface area (Å²) in [4.78, 5) is 50.3. The van der Waals surface area contributed by atoms with Crippen molar-refractivity contribution in [1.82, 2.24) is 0 Å². The van der Waals surface area contributed by atoms with Crippen molar-refractivity contribution in [2.75, 3.05) is 0 Å². The molecule has 0 aliphatic carbocycles. The van der Waals surface area contributed by atoms with Crippen molar-refractivity contribution >= 4 is 69.8 Å². The van der Waals surface area contributed by atoms with Crippen LogP contribution in [0, 0.1) is 40.5 Å². The van der Waals surface area contributed by atoms with Crippen LogP contribution in [-0.2, 0) is 26.4 Å². The van der Waals surface area contributed by atoms with Gasteiger partial charge in [0.1, 0.15) is 49.4 Å². The van der Waals surface area contributed by atoms with Gasteiger partial charge in [0, 0.05) is 48.5 Å². The molecule has 0 radical (unpaired) electrons. The van der Waals surface area contributed by atoms with Crippen molar-refractivity contribution in [3.8, 4) is 23.0 Å². The van der Waals surface area contributed by atoms with E-state index in [1.807, 2.05) is 121 Å². The molecule has 0 amide bonds. The highest BCUT2D eigenvalue weighted by Crippen LogP contribution is 2.56. The number of benzene rings is 8. The number of nitro benzene ring substituents is 4. The number of nitrogens with zero attached hydrogens (tertiary/aromatic N) is 4. The molecular weight excluding hydrogens is 1000 g/mol. The van der Waals surface area contributed by atoms with E-state index in [4.69, 9.17) is 18.9 Å². The highest BCUT2D eigenvalue weighted by Gasteiger charge is 2.30. The fourth-order valence-corrected chi connectivity index (χ4v) is 12.0. The lowest BCUT2D eigenvalue weighted by Crippen LogP contribution is -2.04. The van der Waals surface area contributed by atoms with Gasteiger partial charge in [-0.2, -0.15) is 0 Å². The molecule has 0 N–H and O–H groups in total. The van der Waals surface area contributed by atoms with Gasteiger partial charge in [-0.1, -0.05) is 168 Å². The van der Waals surface area contributed by atoms with Gasteiger partial charge in [0.2, 0.25) is 0 Å². The van der Waals surface area contributed by atoms with E-state index in [0.29, 0.717) is 0 Å². The minimum Gasteiger partial charge on any atom is -0.487 e. The number of non-ortho nitro benzene ring substituents is 4. The zero-order valence-corrected chi connectivity index (χ0v) is 40.6. The summed E-state index contributed by atoms with van der Waals surface area (Å²) in [6, 6.07) is 46.9. The minimum atomic E-state index is -0.590. The number of fused-ring (bicyclic) bond motifs is 8. The van der Waals surface area contributed by atoms with E-state index in [1.54, 1.807) is 0 Å². The zero-order valence-electron chi connectivity index (χ0n) is 37.3. The third kappa shape index (κ3) is 11.8. The summed E-state index contributed by atoms with van der Waals surface area (Å²) >= 11 is 3.64. The Morgan fingerprint density at radius 2 is 0.458 bits per heavy atom. The molecular formula is C52H36N4O12S4. The van der Waals surface area contributed by atoms with Gasteiger partial charge in [0.25, 0.3) is 22.7 Å². The van der Waals surface area contributed by atoms with Crippen LogP contribution < -0.4 is 18.9 Å². The summed E-state index contributed by atoms with van der Waals surface area (Å²) in [6.07, 6.45) is 0. The Morgan fingerprint density at radius 1 is 0.292 bits per heavy atom. The first-order valence-corrected chi connectivity index (χ1v) is 24.9. The second kappa shape index (κ2) is 22.4. The first-order chi connectivity index (χ1) is 34.9. The number of hydrogen-bond donors (Lipinski definition) is 0. The summed E-state index contributed by atoms with van der Waals surface area (Å²) in [6.45, 7) is -0.112. The zero-order chi connectivity index (χ0) is 50.1. The van der Waals surface area contributed by atoms with Gasteiger partial charge in [-0.25, -0.2) is 0 Å². The van der Waals surface area contributed by atoms with Crippen LogP contribution in [0.15, 0.2) is 209 Å². The number of rotatable bonds is 16. The maximum atomic E-state index is 12.9. The molecule has 9 rings (SSSR count). The average molecular weight is 1040 g/mol. The molecule has 8 bridgehead atoms. The van der Waals surface area contributed by atoms with E-state index in [9.17, 15) is 40.5 Å². The van der Waals surface area contributed by atoms with E-state index < -0.39 is 19.7 Å². The molecule has 0 saturated heterocycles. The Bertz CT molecular complexity index is 2800. The second-order valence-corrected chi connectivity index (χ2v) is 20.0. The predicted molar refractivity (Wildman–Crippen MR) is 272 cm³/mol. The van der Waals surface area contributed by atoms with E-state index in [-0.39, 0.29) is 111 Å². The average Bonchev–Trinajstić information content (AvgIpc) is 3.38. The lowest BCUT2D eigenvalue weighted by Gasteiger charge is -2.22. The molecule has 16 nitrogen and oxygen atoms in total. The summed E-state index contributed by atoms with van der Waals surface area (Å²) in [5.74, 6) is 0.476. The topological polar surface area (TPSA) is 209 Å². The quantitative estimate of drug-likeness (QED) is 0.0651. The molecule has 1 aliphatic heterocycles. The van der Waals surface area contributed by atoms with Crippen LogP contribution in [0.3, 0.4) is 0 Å². The molecule has 1 aliphatic rings. The number of hydrogen-bond acceptors (Lipinski definition) is 16. The van der Waals surface area contributed by atoms with Crippen LogP contribution in [-0.4, -0.2) is 19.7 Å². The van der Waals surface area contributed by atoms with E-state index in [2.05, 4.69) is 0 Å². The summed E-state index contributed by atoms with van der Waals surface area (Å²) < 4.78 is 26.5. The minimum absolute atomic E-state index is 0.0280. The van der Waals surface area contributed by atoms with Crippen molar-refractivity contribution in [3.05, 3.63) is 233 Å². The number of ether oxygens (including phenoxy) is 4. The molecule has 0 saturated carbocycles. The van der Waals surface area contributed by atoms with Gasteiger partial charge in [-0.3, -0.25) is 40.5 Å². The van der Waals surface area contributed by atoms with Crippen molar-refractivity contribution in [2.45, 2.75) is 65.6 Å². The molecule has 8 aromatic rings. The molecule has 0 unspecified atom stereocenters. The van der Waals surface area contributed by atoms with Crippen molar-refractivity contribution in [3.63, 3.8) is 0 Å². The monoisotopic (exact) mass is 1040 g/mol. The van der Waals surface area contributed by atoms with Gasteiger partial charge >= 0.3 is 0 Å². The third-order valence-corrected chi connectivity index (χ3v) is 14.8. The molecule has 72 heavy (non-hydrogen) atoms. The standard InChI is InChI=1S/C52H36N4O12S4/c57-53(58)37-21-41-49(65-29-33-13-5-1-6-14-33)42(22-37)70-44-24-39(55(61)62)26-46(51(44)67-31-35-17-9-3-10-18-35)72-48-28-40(56(63)64)27-47(52(48)68-32-36-19-11-4-12-20-36)71-45-25-38(54(59)60)23-43(69-41)50(45)66-30-34-15-7-2-8-16-34/h1-28H,29-32H2. The molecule has 0 fully saturated rings. The maximum absolute atomic E-state index is 12.9. The van der Waals surface area contributed by atoms with Gasteiger partial charge in [0.15, 0.2) is 0 Å². The third-order valence-electron chi connectivity index (χ3n) is 10.6. The molecule has 0 aromatic heterocycles. The molecule has 8 aromatic carbocycles. The number of nitro groups is 4. The van der Waals surface area contributed by atoms with Crippen LogP contribution in [0.2, 0.25) is 0 Å². The second-order valence-electron chi connectivity index (χ2n) is 15.6.